The van der Waals surface area contributed by atoms with Crippen LogP contribution in [0, 0.1) is 5.92 Å². The standard InChI is InChI=1S/C26H39N3O4S/c1-19-13-15-28(16-14-19)34(32,33)21-11-12-23-22(17-21)26(2,3)25(31)29(23)18-24(30)27-20-9-7-5-4-6-8-10-20/h11-12,17,19-20H,4-10,13-16,18H2,1-3H3,(H,27,30). The molecule has 1 aromatic carbocycles. The number of nitrogens with zero attached hydrogens (tertiary/aromatic N) is 2. The topological polar surface area (TPSA) is 86.8 Å². The van der Waals surface area contributed by atoms with Gasteiger partial charge in [0.25, 0.3) is 0 Å². The van der Waals surface area contributed by atoms with Crippen molar-refractivity contribution in [3.8, 4) is 0 Å². The molecule has 188 valence electrons. The molecule has 0 unspecified atom stereocenters. The molecule has 1 saturated heterocycles. The Hall–Kier alpha value is -1.93. The van der Waals surface area contributed by atoms with Crippen molar-refractivity contribution in [2.24, 2.45) is 5.92 Å². The third kappa shape index (κ3) is 5.03. The normalized spacial score (nSPS) is 22.8. The van der Waals surface area contributed by atoms with Crippen molar-refractivity contribution in [2.75, 3.05) is 24.5 Å². The van der Waals surface area contributed by atoms with Gasteiger partial charge in [0.2, 0.25) is 21.8 Å². The first-order valence-electron chi connectivity index (χ1n) is 12.9. The molecule has 2 aliphatic heterocycles. The highest BCUT2D eigenvalue weighted by Crippen LogP contribution is 2.43. The van der Waals surface area contributed by atoms with E-state index in [2.05, 4.69) is 12.2 Å². The van der Waals surface area contributed by atoms with Crippen LogP contribution in [0.25, 0.3) is 0 Å². The Kier molecular flexibility index (Phi) is 7.38. The number of sulfonamides is 1. The minimum absolute atomic E-state index is 0.0398. The quantitative estimate of drug-likeness (QED) is 0.678. The van der Waals surface area contributed by atoms with Crippen LogP contribution in [0.5, 0.6) is 0 Å². The van der Waals surface area contributed by atoms with Gasteiger partial charge in [0.15, 0.2) is 0 Å². The summed E-state index contributed by atoms with van der Waals surface area (Å²) in [5, 5.41) is 3.14. The van der Waals surface area contributed by atoms with Gasteiger partial charge in [-0.3, -0.25) is 9.59 Å². The first-order valence-corrected chi connectivity index (χ1v) is 14.3. The van der Waals surface area contributed by atoms with Gasteiger partial charge in [-0.1, -0.05) is 39.0 Å². The highest BCUT2D eigenvalue weighted by atomic mass is 32.2. The zero-order valence-electron chi connectivity index (χ0n) is 20.8. The molecule has 1 aromatic rings. The fourth-order valence-electron chi connectivity index (χ4n) is 5.52. The molecule has 2 amide bonds. The van der Waals surface area contributed by atoms with Crippen LogP contribution in [0.2, 0.25) is 0 Å². The average molecular weight is 490 g/mol. The van der Waals surface area contributed by atoms with E-state index in [4.69, 9.17) is 0 Å². The Morgan fingerprint density at radius 2 is 1.65 bits per heavy atom. The van der Waals surface area contributed by atoms with E-state index >= 15 is 0 Å². The van der Waals surface area contributed by atoms with Crippen LogP contribution in [-0.4, -0.2) is 50.2 Å². The van der Waals surface area contributed by atoms with E-state index in [0.29, 0.717) is 30.3 Å². The molecule has 8 heteroatoms. The van der Waals surface area contributed by atoms with Gasteiger partial charge in [-0.25, -0.2) is 8.42 Å². The molecule has 0 radical (unpaired) electrons. The Morgan fingerprint density at radius 1 is 1.03 bits per heavy atom. The van der Waals surface area contributed by atoms with E-state index in [1.54, 1.807) is 36.4 Å². The van der Waals surface area contributed by atoms with Gasteiger partial charge in [0.05, 0.1) is 10.3 Å². The van der Waals surface area contributed by atoms with Crippen LogP contribution in [0.4, 0.5) is 5.69 Å². The lowest BCUT2D eigenvalue weighted by Crippen LogP contribution is -2.45. The highest BCUT2D eigenvalue weighted by molar-refractivity contribution is 7.89. The van der Waals surface area contributed by atoms with E-state index in [9.17, 15) is 18.0 Å². The van der Waals surface area contributed by atoms with E-state index in [-0.39, 0.29) is 29.3 Å². The summed E-state index contributed by atoms with van der Waals surface area (Å²) in [6.45, 7) is 6.77. The second-order valence-corrected chi connectivity index (χ2v) is 12.8. The minimum atomic E-state index is -3.62. The fourth-order valence-corrected chi connectivity index (χ4v) is 7.02. The maximum atomic E-state index is 13.3. The SMILES string of the molecule is CC1CCN(S(=O)(=O)c2ccc3c(c2)C(C)(C)C(=O)N3CC(=O)NC2CCCCCCC2)CC1. The molecule has 7 nitrogen and oxygen atoms in total. The zero-order chi connectivity index (χ0) is 24.5. The van der Waals surface area contributed by atoms with Gasteiger partial charge in [0.1, 0.15) is 6.54 Å². The maximum Gasteiger partial charge on any atom is 0.243 e. The predicted octanol–water partition coefficient (Wildman–Crippen LogP) is 3.96. The second kappa shape index (κ2) is 9.97. The van der Waals surface area contributed by atoms with Gasteiger partial charge in [-0.2, -0.15) is 4.31 Å². The number of hydrogen-bond donors (Lipinski definition) is 1. The number of piperidine rings is 1. The summed E-state index contributed by atoms with van der Waals surface area (Å²) in [6.07, 6.45) is 9.61. The van der Waals surface area contributed by atoms with E-state index in [1.165, 1.54) is 24.2 Å². The first-order chi connectivity index (χ1) is 16.1. The minimum Gasteiger partial charge on any atom is -0.352 e. The Balaban J connectivity index is 1.52. The molecule has 1 aliphatic carbocycles. The molecule has 2 fully saturated rings. The number of carbonyl (C=O) groups excluding carboxylic acids is 2. The third-order valence-electron chi connectivity index (χ3n) is 7.86. The first kappa shape index (κ1) is 25.2. The molecule has 4 rings (SSSR count). The van der Waals surface area contributed by atoms with Crippen molar-refractivity contribution in [1.29, 1.82) is 0 Å². The van der Waals surface area contributed by atoms with Crippen LogP contribution >= 0.6 is 0 Å². The summed E-state index contributed by atoms with van der Waals surface area (Å²) in [5.74, 6) is 0.212. The molecule has 3 aliphatic rings. The summed E-state index contributed by atoms with van der Waals surface area (Å²) >= 11 is 0. The van der Waals surface area contributed by atoms with E-state index in [1.807, 2.05) is 0 Å². The number of hydrogen-bond acceptors (Lipinski definition) is 4. The number of rotatable bonds is 5. The summed E-state index contributed by atoms with van der Waals surface area (Å²) in [5.41, 5.74) is 0.411. The van der Waals surface area contributed by atoms with Gasteiger partial charge in [-0.05, 0) is 69.2 Å². The number of anilines is 1. The van der Waals surface area contributed by atoms with Crippen LogP contribution in [0.15, 0.2) is 23.1 Å². The molecular formula is C26H39N3O4S. The Bertz CT molecular complexity index is 1020. The average Bonchev–Trinajstić information content (AvgIpc) is 2.96. The van der Waals surface area contributed by atoms with Gasteiger partial charge >= 0.3 is 0 Å². The lowest BCUT2D eigenvalue weighted by molar-refractivity contribution is -0.126. The van der Waals surface area contributed by atoms with Crippen molar-refractivity contribution in [3.63, 3.8) is 0 Å². The van der Waals surface area contributed by atoms with Crippen LogP contribution in [0.1, 0.15) is 84.1 Å². The Labute approximate surface area is 204 Å². The molecule has 0 aromatic heterocycles. The number of benzene rings is 1. The van der Waals surface area contributed by atoms with Gasteiger partial charge in [0, 0.05) is 24.8 Å². The second-order valence-electron chi connectivity index (χ2n) is 10.9. The third-order valence-corrected chi connectivity index (χ3v) is 9.76. The van der Waals surface area contributed by atoms with Crippen molar-refractivity contribution >= 4 is 27.5 Å². The molecule has 1 N–H and O–H groups in total. The molecule has 2 heterocycles. The number of carbonyl (C=O) groups is 2. The molecular weight excluding hydrogens is 450 g/mol. The van der Waals surface area contributed by atoms with Gasteiger partial charge in [-0.15, -0.1) is 0 Å². The van der Waals surface area contributed by atoms with Crippen molar-refractivity contribution < 1.29 is 18.0 Å². The number of fused-ring (bicyclic) bond motifs is 1. The summed E-state index contributed by atoms with van der Waals surface area (Å²) in [4.78, 5) is 27.9. The van der Waals surface area contributed by atoms with Crippen LogP contribution in [0.3, 0.4) is 0 Å². The maximum absolute atomic E-state index is 13.3. The monoisotopic (exact) mass is 489 g/mol. The summed E-state index contributed by atoms with van der Waals surface area (Å²) < 4.78 is 28.1. The van der Waals surface area contributed by atoms with Crippen molar-refractivity contribution in [3.05, 3.63) is 23.8 Å². The molecule has 0 spiro atoms. The molecule has 34 heavy (non-hydrogen) atoms. The fraction of sp³-hybridized carbons (Fsp3) is 0.692. The van der Waals surface area contributed by atoms with E-state index in [0.717, 1.165) is 38.5 Å². The smallest absolute Gasteiger partial charge is 0.243 e. The number of amides is 2. The van der Waals surface area contributed by atoms with Crippen LogP contribution < -0.4 is 10.2 Å². The van der Waals surface area contributed by atoms with Gasteiger partial charge < -0.3 is 10.2 Å². The van der Waals surface area contributed by atoms with Crippen molar-refractivity contribution in [2.45, 2.75) is 94.9 Å². The molecule has 1 saturated carbocycles. The predicted molar refractivity (Wildman–Crippen MR) is 133 cm³/mol. The van der Waals surface area contributed by atoms with E-state index < -0.39 is 15.4 Å². The highest BCUT2D eigenvalue weighted by Gasteiger charge is 2.45. The van der Waals surface area contributed by atoms with Crippen LogP contribution in [-0.2, 0) is 25.0 Å². The molecule has 0 bridgehead atoms. The summed E-state index contributed by atoms with van der Waals surface area (Å²) in [7, 11) is -3.62. The molecule has 0 atom stereocenters. The van der Waals surface area contributed by atoms with Crippen molar-refractivity contribution in [1.82, 2.24) is 9.62 Å². The lowest BCUT2D eigenvalue weighted by atomic mass is 9.86. The lowest BCUT2D eigenvalue weighted by Gasteiger charge is -2.29. The Morgan fingerprint density at radius 3 is 2.29 bits per heavy atom. The largest absolute Gasteiger partial charge is 0.352 e. The zero-order valence-corrected chi connectivity index (χ0v) is 21.6. The number of nitrogens with one attached hydrogen (secondary N) is 1. The summed E-state index contributed by atoms with van der Waals surface area (Å²) in [6, 6.07) is 5.09.